The molecule has 1 aromatic heterocycles. The second-order valence-electron chi connectivity index (χ2n) is 7.16. The van der Waals surface area contributed by atoms with Crippen molar-refractivity contribution in [2.75, 3.05) is 16.8 Å². The van der Waals surface area contributed by atoms with Crippen LogP contribution in [0.2, 0.25) is 0 Å². The van der Waals surface area contributed by atoms with E-state index in [9.17, 15) is 0 Å². The summed E-state index contributed by atoms with van der Waals surface area (Å²) in [5.41, 5.74) is 12.8. The highest BCUT2D eigenvalue weighted by Gasteiger charge is 2.59. The highest BCUT2D eigenvalue weighted by molar-refractivity contribution is 5.61. The van der Waals surface area contributed by atoms with Crippen LogP contribution in [0.15, 0.2) is 12.1 Å². The van der Waals surface area contributed by atoms with Gasteiger partial charge in [0.05, 0.1) is 5.69 Å². The Hall–Kier alpha value is -1.45. The Balaban J connectivity index is 1.88. The number of aromatic nitrogens is 1. The van der Waals surface area contributed by atoms with E-state index in [0.717, 1.165) is 11.7 Å². The average Bonchev–Trinajstić information content (AvgIpc) is 2.80. The number of hydrogen-bond donors (Lipinski definition) is 3. The van der Waals surface area contributed by atoms with Crippen LogP contribution in [0.5, 0.6) is 0 Å². The Morgan fingerprint density at radius 3 is 2.58 bits per heavy atom. The van der Waals surface area contributed by atoms with E-state index in [0.29, 0.717) is 28.4 Å². The third-order valence-electron chi connectivity index (χ3n) is 5.52. The Kier molecular flexibility index (Phi) is 2.50. The minimum atomic E-state index is 0.310. The first-order valence-electron chi connectivity index (χ1n) is 7.11. The van der Waals surface area contributed by atoms with Gasteiger partial charge in [-0.3, -0.25) is 0 Å². The zero-order valence-electron chi connectivity index (χ0n) is 12.0. The van der Waals surface area contributed by atoms with Gasteiger partial charge in [0.2, 0.25) is 0 Å². The van der Waals surface area contributed by atoms with Gasteiger partial charge in [0, 0.05) is 6.04 Å². The topological polar surface area (TPSA) is 77.0 Å². The summed E-state index contributed by atoms with van der Waals surface area (Å²) in [5.74, 6) is 2.08. The van der Waals surface area contributed by atoms with Crippen molar-refractivity contribution >= 4 is 17.3 Å². The highest BCUT2D eigenvalue weighted by atomic mass is 15.1. The average molecular weight is 260 g/mol. The molecule has 2 saturated carbocycles. The van der Waals surface area contributed by atoms with Crippen molar-refractivity contribution in [1.29, 1.82) is 0 Å². The van der Waals surface area contributed by atoms with Gasteiger partial charge in [-0.05, 0) is 48.1 Å². The molecule has 5 N–H and O–H groups in total. The molecular formula is C15H24N4. The summed E-state index contributed by atoms with van der Waals surface area (Å²) in [7, 11) is 0. The standard InChI is InChI=1S/C15H24N4/c1-14(2)9-6-7-15(3,8-9)13(14)19-11-5-4-10(16)12(17)18-11/h4-5,9,13H,6-8,16H2,1-3H3,(H3,17,18,19). The maximum Gasteiger partial charge on any atom is 0.149 e. The first kappa shape index (κ1) is 12.6. The zero-order valence-corrected chi connectivity index (χ0v) is 12.0. The van der Waals surface area contributed by atoms with Crippen LogP contribution < -0.4 is 16.8 Å². The second kappa shape index (κ2) is 3.78. The fourth-order valence-corrected chi connectivity index (χ4v) is 4.38. The Labute approximate surface area is 115 Å². The fraction of sp³-hybridized carbons (Fsp3) is 0.667. The predicted molar refractivity (Wildman–Crippen MR) is 79.7 cm³/mol. The van der Waals surface area contributed by atoms with E-state index in [4.69, 9.17) is 11.5 Å². The third kappa shape index (κ3) is 1.77. The van der Waals surface area contributed by atoms with Crippen LogP contribution in [0.1, 0.15) is 40.0 Å². The largest absolute Gasteiger partial charge is 0.396 e. The maximum atomic E-state index is 5.80. The Bertz CT molecular complexity index is 506. The van der Waals surface area contributed by atoms with Gasteiger partial charge in [-0.25, -0.2) is 4.98 Å². The molecule has 2 fully saturated rings. The van der Waals surface area contributed by atoms with Crippen molar-refractivity contribution < 1.29 is 0 Å². The molecule has 19 heavy (non-hydrogen) atoms. The van der Waals surface area contributed by atoms with E-state index < -0.39 is 0 Å². The number of fused-ring (bicyclic) bond motifs is 2. The quantitative estimate of drug-likeness (QED) is 0.764. The van der Waals surface area contributed by atoms with Crippen LogP contribution in [0, 0.1) is 16.7 Å². The lowest BCUT2D eigenvalue weighted by Crippen LogP contribution is -2.46. The molecule has 2 aliphatic rings. The number of pyridine rings is 1. The molecular weight excluding hydrogens is 236 g/mol. The number of nitrogens with one attached hydrogen (secondary N) is 1. The molecule has 4 nitrogen and oxygen atoms in total. The highest BCUT2D eigenvalue weighted by Crippen LogP contribution is 2.63. The van der Waals surface area contributed by atoms with Gasteiger partial charge in [0.1, 0.15) is 11.6 Å². The van der Waals surface area contributed by atoms with Crippen LogP contribution in [0.25, 0.3) is 0 Å². The molecule has 1 heterocycles. The van der Waals surface area contributed by atoms with Crippen LogP contribution >= 0.6 is 0 Å². The molecule has 3 rings (SSSR count). The maximum absolute atomic E-state index is 5.80. The van der Waals surface area contributed by atoms with Crippen molar-refractivity contribution in [2.24, 2.45) is 16.7 Å². The molecule has 0 radical (unpaired) electrons. The van der Waals surface area contributed by atoms with Crippen LogP contribution in [-0.4, -0.2) is 11.0 Å². The van der Waals surface area contributed by atoms with Crippen molar-refractivity contribution in [3.63, 3.8) is 0 Å². The normalized spacial score (nSPS) is 35.5. The van der Waals surface area contributed by atoms with Crippen molar-refractivity contribution in [1.82, 2.24) is 4.98 Å². The lowest BCUT2D eigenvalue weighted by atomic mass is 9.68. The minimum Gasteiger partial charge on any atom is -0.396 e. The molecule has 0 spiro atoms. The molecule has 1 aromatic rings. The first-order valence-corrected chi connectivity index (χ1v) is 7.11. The molecule has 0 aliphatic heterocycles. The van der Waals surface area contributed by atoms with E-state index >= 15 is 0 Å². The van der Waals surface area contributed by atoms with Gasteiger partial charge in [-0.2, -0.15) is 0 Å². The number of anilines is 3. The van der Waals surface area contributed by atoms with Crippen LogP contribution in [0.3, 0.4) is 0 Å². The lowest BCUT2D eigenvalue weighted by Gasteiger charge is -2.43. The van der Waals surface area contributed by atoms with Crippen LogP contribution in [0.4, 0.5) is 17.3 Å². The summed E-state index contributed by atoms with van der Waals surface area (Å²) in [6, 6.07) is 4.21. The Morgan fingerprint density at radius 2 is 2.00 bits per heavy atom. The van der Waals surface area contributed by atoms with E-state index in [1.807, 2.05) is 12.1 Å². The number of nitrogens with zero attached hydrogens (tertiary/aromatic N) is 1. The van der Waals surface area contributed by atoms with Gasteiger partial charge < -0.3 is 16.8 Å². The van der Waals surface area contributed by atoms with E-state index in [1.54, 1.807) is 0 Å². The van der Waals surface area contributed by atoms with Gasteiger partial charge in [-0.15, -0.1) is 0 Å². The molecule has 0 amide bonds. The van der Waals surface area contributed by atoms with Gasteiger partial charge in [-0.1, -0.05) is 20.8 Å². The summed E-state index contributed by atoms with van der Waals surface area (Å²) in [6.45, 7) is 7.15. The van der Waals surface area contributed by atoms with Crippen LogP contribution in [-0.2, 0) is 0 Å². The number of hydrogen-bond acceptors (Lipinski definition) is 4. The number of nitrogens with two attached hydrogens (primary N) is 2. The Morgan fingerprint density at radius 1 is 1.26 bits per heavy atom. The number of nitrogen functional groups attached to an aromatic ring is 2. The molecule has 2 bridgehead atoms. The van der Waals surface area contributed by atoms with E-state index in [2.05, 4.69) is 31.1 Å². The molecule has 3 unspecified atom stereocenters. The SMILES string of the molecule is CC12CCC(C1)C(C)(C)C2Nc1ccc(N)c(N)n1. The summed E-state index contributed by atoms with van der Waals surface area (Å²) >= 11 is 0. The molecule has 104 valence electrons. The molecule has 2 aliphatic carbocycles. The molecule has 0 aromatic carbocycles. The molecule has 3 atom stereocenters. The van der Waals surface area contributed by atoms with Gasteiger partial charge in [0.25, 0.3) is 0 Å². The lowest BCUT2D eigenvalue weighted by molar-refractivity contribution is 0.155. The molecule has 4 heteroatoms. The molecule has 0 saturated heterocycles. The third-order valence-corrected chi connectivity index (χ3v) is 5.52. The van der Waals surface area contributed by atoms with Gasteiger partial charge >= 0.3 is 0 Å². The van der Waals surface area contributed by atoms with Crippen molar-refractivity contribution in [3.8, 4) is 0 Å². The summed E-state index contributed by atoms with van der Waals surface area (Å²) < 4.78 is 0. The zero-order chi connectivity index (χ0) is 13.8. The van der Waals surface area contributed by atoms with Crippen molar-refractivity contribution in [3.05, 3.63) is 12.1 Å². The predicted octanol–water partition coefficient (Wildman–Crippen LogP) is 2.87. The van der Waals surface area contributed by atoms with E-state index in [-0.39, 0.29) is 0 Å². The number of rotatable bonds is 2. The summed E-state index contributed by atoms with van der Waals surface area (Å²) in [5, 5.41) is 3.62. The monoisotopic (exact) mass is 260 g/mol. The second-order valence-corrected chi connectivity index (χ2v) is 7.16. The fourth-order valence-electron chi connectivity index (χ4n) is 4.38. The smallest absolute Gasteiger partial charge is 0.149 e. The van der Waals surface area contributed by atoms with E-state index in [1.165, 1.54) is 19.3 Å². The minimum absolute atomic E-state index is 0.310. The summed E-state index contributed by atoms with van der Waals surface area (Å²) in [4.78, 5) is 4.36. The van der Waals surface area contributed by atoms with Crippen molar-refractivity contribution in [2.45, 2.75) is 46.1 Å². The first-order chi connectivity index (χ1) is 8.83. The summed E-state index contributed by atoms with van der Waals surface area (Å²) in [6.07, 6.45) is 3.99. The van der Waals surface area contributed by atoms with Gasteiger partial charge in [0.15, 0.2) is 0 Å².